The highest BCUT2D eigenvalue weighted by atomic mass is 35.5. The van der Waals surface area contributed by atoms with Gasteiger partial charge in [-0.25, -0.2) is 4.79 Å². The average molecular weight is 377 g/mol. The molecule has 1 saturated heterocycles. The number of rotatable bonds is 3. The van der Waals surface area contributed by atoms with Crippen LogP contribution in [0.5, 0.6) is 0 Å². The molecule has 138 valence electrons. The number of ether oxygens (including phenoxy) is 1. The molecule has 0 aliphatic carbocycles. The Bertz CT molecular complexity index is 775. The SMILES string of the molecule is CNC(=O)Nc1ccc(-c2nc(Cl)nc(N3C(C)COCC3C)n2)cc1. The van der Waals surface area contributed by atoms with E-state index in [1.165, 1.54) is 0 Å². The average Bonchev–Trinajstić information content (AvgIpc) is 2.61. The van der Waals surface area contributed by atoms with Crippen LogP contribution in [0.25, 0.3) is 11.4 Å². The van der Waals surface area contributed by atoms with Crippen LogP contribution < -0.4 is 15.5 Å². The second kappa shape index (κ2) is 7.84. The van der Waals surface area contributed by atoms with E-state index >= 15 is 0 Å². The Hall–Kier alpha value is -2.45. The molecule has 0 saturated carbocycles. The lowest BCUT2D eigenvalue weighted by molar-refractivity contribution is 0.0747. The van der Waals surface area contributed by atoms with E-state index in [0.29, 0.717) is 30.7 Å². The molecule has 8 nitrogen and oxygen atoms in total. The summed E-state index contributed by atoms with van der Waals surface area (Å²) in [4.78, 5) is 26.6. The molecule has 1 aromatic heterocycles. The maximum absolute atomic E-state index is 11.4. The molecule has 2 atom stereocenters. The van der Waals surface area contributed by atoms with Crippen LogP contribution in [-0.4, -0.2) is 53.3 Å². The molecule has 3 rings (SSSR count). The summed E-state index contributed by atoms with van der Waals surface area (Å²) in [6, 6.07) is 7.22. The van der Waals surface area contributed by atoms with Gasteiger partial charge in [-0.3, -0.25) is 0 Å². The summed E-state index contributed by atoms with van der Waals surface area (Å²) in [5.74, 6) is 1.02. The minimum absolute atomic E-state index is 0.142. The smallest absolute Gasteiger partial charge is 0.318 e. The molecule has 2 N–H and O–H groups in total. The molecule has 2 unspecified atom stereocenters. The fraction of sp³-hybridized carbons (Fsp3) is 0.412. The number of anilines is 2. The van der Waals surface area contributed by atoms with Crippen molar-refractivity contribution >= 4 is 29.3 Å². The molecule has 0 bridgehead atoms. The van der Waals surface area contributed by atoms with Crippen LogP contribution in [-0.2, 0) is 4.74 Å². The molecule has 9 heteroatoms. The first-order valence-electron chi connectivity index (χ1n) is 8.34. The highest BCUT2D eigenvalue weighted by molar-refractivity contribution is 6.28. The van der Waals surface area contributed by atoms with Crippen LogP contribution in [0.1, 0.15) is 13.8 Å². The summed E-state index contributed by atoms with van der Waals surface area (Å²) < 4.78 is 5.56. The summed E-state index contributed by atoms with van der Waals surface area (Å²) >= 11 is 6.15. The summed E-state index contributed by atoms with van der Waals surface area (Å²) in [6.45, 7) is 5.35. The zero-order valence-electron chi connectivity index (χ0n) is 14.9. The van der Waals surface area contributed by atoms with Crippen molar-refractivity contribution in [3.63, 3.8) is 0 Å². The quantitative estimate of drug-likeness (QED) is 0.855. The van der Waals surface area contributed by atoms with E-state index in [9.17, 15) is 4.79 Å². The Morgan fingerprint density at radius 2 is 1.81 bits per heavy atom. The number of hydrogen-bond acceptors (Lipinski definition) is 6. The second-order valence-electron chi connectivity index (χ2n) is 6.15. The Kier molecular flexibility index (Phi) is 5.53. The van der Waals surface area contributed by atoms with Gasteiger partial charge in [0.2, 0.25) is 11.2 Å². The zero-order chi connectivity index (χ0) is 18.7. The van der Waals surface area contributed by atoms with Gasteiger partial charge in [-0.2, -0.15) is 15.0 Å². The van der Waals surface area contributed by atoms with E-state index < -0.39 is 0 Å². The number of benzene rings is 1. The number of nitrogens with zero attached hydrogens (tertiary/aromatic N) is 4. The Balaban J connectivity index is 1.89. The Labute approximate surface area is 156 Å². The lowest BCUT2D eigenvalue weighted by atomic mass is 10.2. The largest absolute Gasteiger partial charge is 0.377 e. The van der Waals surface area contributed by atoms with E-state index in [1.54, 1.807) is 19.2 Å². The normalized spacial score (nSPS) is 19.9. The fourth-order valence-electron chi connectivity index (χ4n) is 2.88. The van der Waals surface area contributed by atoms with Crippen LogP contribution >= 0.6 is 11.6 Å². The van der Waals surface area contributed by atoms with Gasteiger partial charge in [0.1, 0.15) is 0 Å². The topological polar surface area (TPSA) is 92.3 Å². The molecule has 1 fully saturated rings. The highest BCUT2D eigenvalue weighted by Crippen LogP contribution is 2.25. The van der Waals surface area contributed by atoms with E-state index in [2.05, 4.69) is 44.3 Å². The maximum Gasteiger partial charge on any atom is 0.318 e. The minimum atomic E-state index is -0.279. The van der Waals surface area contributed by atoms with Crippen molar-refractivity contribution in [1.29, 1.82) is 0 Å². The number of nitrogens with one attached hydrogen (secondary N) is 2. The minimum Gasteiger partial charge on any atom is -0.377 e. The maximum atomic E-state index is 11.4. The first-order chi connectivity index (χ1) is 12.5. The van der Waals surface area contributed by atoms with Gasteiger partial charge < -0.3 is 20.3 Å². The van der Waals surface area contributed by atoms with Gasteiger partial charge in [-0.05, 0) is 49.7 Å². The Morgan fingerprint density at radius 1 is 1.15 bits per heavy atom. The van der Waals surface area contributed by atoms with E-state index in [4.69, 9.17) is 16.3 Å². The first kappa shape index (κ1) is 18.3. The standard InChI is InChI=1S/C17H21ClN6O2/c1-10-8-26-9-11(2)24(10)16-22-14(21-15(18)23-16)12-4-6-13(7-5-12)20-17(25)19-3/h4-7,10-11H,8-9H2,1-3H3,(H2,19,20,25). The van der Waals surface area contributed by atoms with Gasteiger partial charge >= 0.3 is 6.03 Å². The number of urea groups is 1. The number of halogens is 1. The number of aromatic nitrogens is 3. The number of carbonyl (C=O) groups excluding carboxylic acids is 1. The third-order valence-electron chi connectivity index (χ3n) is 4.12. The second-order valence-corrected chi connectivity index (χ2v) is 6.49. The first-order valence-corrected chi connectivity index (χ1v) is 8.72. The number of carbonyl (C=O) groups is 1. The molecule has 2 aromatic rings. The van der Waals surface area contributed by atoms with Crippen LogP contribution in [0, 0.1) is 0 Å². The van der Waals surface area contributed by atoms with Crippen molar-refractivity contribution in [1.82, 2.24) is 20.3 Å². The van der Waals surface area contributed by atoms with Gasteiger partial charge in [0.15, 0.2) is 5.82 Å². The molecule has 0 spiro atoms. The fourth-order valence-corrected chi connectivity index (χ4v) is 3.03. The zero-order valence-corrected chi connectivity index (χ0v) is 15.6. The van der Waals surface area contributed by atoms with Crippen LogP contribution in [0.2, 0.25) is 5.28 Å². The van der Waals surface area contributed by atoms with Crippen LogP contribution in [0.3, 0.4) is 0 Å². The molecule has 2 amide bonds. The molecule has 1 aromatic carbocycles. The molecule has 0 radical (unpaired) electrons. The van der Waals surface area contributed by atoms with Gasteiger partial charge in [0.05, 0.1) is 25.3 Å². The van der Waals surface area contributed by atoms with Crippen molar-refractivity contribution in [2.24, 2.45) is 0 Å². The van der Waals surface area contributed by atoms with Crippen molar-refractivity contribution < 1.29 is 9.53 Å². The van der Waals surface area contributed by atoms with Gasteiger partial charge in [0.25, 0.3) is 0 Å². The number of amides is 2. The van der Waals surface area contributed by atoms with Gasteiger partial charge in [-0.1, -0.05) is 0 Å². The highest BCUT2D eigenvalue weighted by Gasteiger charge is 2.28. The molecular formula is C17H21ClN6O2. The van der Waals surface area contributed by atoms with Gasteiger partial charge in [-0.15, -0.1) is 0 Å². The van der Waals surface area contributed by atoms with Crippen molar-refractivity contribution in [2.75, 3.05) is 30.5 Å². The van der Waals surface area contributed by atoms with Crippen molar-refractivity contribution in [3.05, 3.63) is 29.5 Å². The summed E-state index contributed by atoms with van der Waals surface area (Å²) in [5, 5.41) is 5.35. The summed E-state index contributed by atoms with van der Waals surface area (Å²) in [5.41, 5.74) is 1.45. The van der Waals surface area contributed by atoms with E-state index in [1.807, 2.05) is 12.1 Å². The molecular weight excluding hydrogens is 356 g/mol. The Morgan fingerprint density at radius 3 is 2.42 bits per heavy atom. The van der Waals surface area contributed by atoms with Crippen molar-refractivity contribution in [3.8, 4) is 11.4 Å². The lowest BCUT2D eigenvalue weighted by Gasteiger charge is -2.38. The third-order valence-corrected chi connectivity index (χ3v) is 4.29. The third kappa shape index (κ3) is 4.03. The monoisotopic (exact) mass is 376 g/mol. The van der Waals surface area contributed by atoms with Gasteiger partial charge in [0, 0.05) is 18.3 Å². The molecule has 1 aliphatic heterocycles. The predicted molar refractivity (Wildman–Crippen MR) is 101 cm³/mol. The van der Waals surface area contributed by atoms with Crippen LogP contribution in [0.15, 0.2) is 24.3 Å². The molecule has 2 heterocycles. The van der Waals surface area contributed by atoms with Crippen molar-refractivity contribution in [2.45, 2.75) is 25.9 Å². The summed E-state index contributed by atoms with van der Waals surface area (Å²) in [7, 11) is 1.56. The van der Waals surface area contributed by atoms with E-state index in [-0.39, 0.29) is 23.4 Å². The molecule has 1 aliphatic rings. The van der Waals surface area contributed by atoms with E-state index in [0.717, 1.165) is 5.56 Å². The predicted octanol–water partition coefficient (Wildman–Crippen LogP) is 2.56. The number of morpholine rings is 1. The molecule has 26 heavy (non-hydrogen) atoms. The lowest BCUT2D eigenvalue weighted by Crippen LogP contribution is -2.50. The number of hydrogen-bond donors (Lipinski definition) is 2. The van der Waals surface area contributed by atoms with Crippen LogP contribution in [0.4, 0.5) is 16.4 Å². The summed E-state index contributed by atoms with van der Waals surface area (Å²) in [6.07, 6.45) is 0.